The minimum absolute atomic E-state index is 0.00205. The number of ether oxygens (including phenoxy) is 2. The molecule has 0 fully saturated rings. The van der Waals surface area contributed by atoms with Gasteiger partial charge in [0.25, 0.3) is 0 Å². The number of alkyl halides is 3. The second-order valence-corrected chi connectivity index (χ2v) is 3.25. The van der Waals surface area contributed by atoms with Crippen LogP contribution >= 0.6 is 0 Å². The molecule has 0 saturated carbocycles. The molecule has 1 aromatic heterocycles. The van der Waals surface area contributed by atoms with E-state index in [1.54, 1.807) is 0 Å². The summed E-state index contributed by atoms with van der Waals surface area (Å²) in [6.45, 7) is 2.88. The Bertz CT molecular complexity index is 507. The molecule has 1 N–H and O–H groups in total. The van der Waals surface area contributed by atoms with Gasteiger partial charge in [0.1, 0.15) is 5.56 Å². The van der Waals surface area contributed by atoms with Crippen molar-refractivity contribution in [3.05, 3.63) is 27.7 Å². The van der Waals surface area contributed by atoms with Crippen LogP contribution in [-0.4, -0.2) is 23.9 Å². The number of esters is 1. The zero-order chi connectivity index (χ0) is 13.9. The summed E-state index contributed by atoms with van der Waals surface area (Å²) in [6.07, 6.45) is -4.26. The summed E-state index contributed by atoms with van der Waals surface area (Å²) in [7, 11) is 0. The largest absolute Gasteiger partial charge is 0.573 e. The molecule has 0 aromatic carbocycles. The SMILES string of the molecule is CCOC(=O)c1c(C)[nH]cc(OC(F)(F)F)c1=O. The molecular weight excluding hydrogens is 255 g/mol. The van der Waals surface area contributed by atoms with Crippen molar-refractivity contribution in [3.8, 4) is 5.75 Å². The standard InChI is InChI=1S/C10H10F3NO4/c1-3-17-9(16)7-5(2)14-4-6(8(7)15)18-10(11,12)13/h4H,3H2,1-2H3,(H,14,15). The van der Waals surface area contributed by atoms with Crippen LogP contribution in [0.15, 0.2) is 11.0 Å². The fourth-order valence-electron chi connectivity index (χ4n) is 1.25. The minimum atomic E-state index is -5.01. The van der Waals surface area contributed by atoms with E-state index in [1.807, 2.05) is 0 Å². The summed E-state index contributed by atoms with van der Waals surface area (Å²) in [4.78, 5) is 25.4. The Morgan fingerprint density at radius 2 is 2.06 bits per heavy atom. The van der Waals surface area contributed by atoms with E-state index < -0.39 is 29.1 Å². The van der Waals surface area contributed by atoms with E-state index >= 15 is 0 Å². The van der Waals surface area contributed by atoms with Crippen LogP contribution in [0.5, 0.6) is 5.75 Å². The van der Waals surface area contributed by atoms with Crippen LogP contribution < -0.4 is 10.2 Å². The molecule has 0 bridgehead atoms. The highest BCUT2D eigenvalue weighted by molar-refractivity contribution is 5.90. The summed E-state index contributed by atoms with van der Waals surface area (Å²) in [5.74, 6) is -2.00. The van der Waals surface area contributed by atoms with Crippen molar-refractivity contribution in [2.75, 3.05) is 6.61 Å². The van der Waals surface area contributed by atoms with E-state index in [0.29, 0.717) is 0 Å². The molecule has 1 heterocycles. The van der Waals surface area contributed by atoms with Crippen LogP contribution in [0, 0.1) is 6.92 Å². The number of aromatic nitrogens is 1. The molecule has 18 heavy (non-hydrogen) atoms. The second kappa shape index (κ2) is 5.11. The number of H-pyrrole nitrogens is 1. The number of nitrogens with one attached hydrogen (secondary N) is 1. The van der Waals surface area contributed by atoms with Gasteiger partial charge in [-0.1, -0.05) is 0 Å². The third-order valence-electron chi connectivity index (χ3n) is 1.95. The zero-order valence-corrected chi connectivity index (χ0v) is 9.55. The molecule has 0 amide bonds. The maximum atomic E-state index is 12.0. The van der Waals surface area contributed by atoms with Gasteiger partial charge in [0.15, 0.2) is 5.75 Å². The lowest BCUT2D eigenvalue weighted by Gasteiger charge is -2.10. The number of halogens is 3. The number of carbonyl (C=O) groups is 1. The number of hydrogen-bond donors (Lipinski definition) is 1. The van der Waals surface area contributed by atoms with Crippen molar-refractivity contribution in [1.29, 1.82) is 0 Å². The average Bonchev–Trinajstić information content (AvgIpc) is 2.21. The Balaban J connectivity index is 3.23. The van der Waals surface area contributed by atoms with Gasteiger partial charge >= 0.3 is 12.3 Å². The second-order valence-electron chi connectivity index (χ2n) is 3.25. The molecular formula is C10H10F3NO4. The van der Waals surface area contributed by atoms with Gasteiger partial charge in [0.05, 0.1) is 6.61 Å². The first kappa shape index (κ1) is 14.1. The van der Waals surface area contributed by atoms with Gasteiger partial charge in [-0.05, 0) is 13.8 Å². The first-order valence-electron chi connectivity index (χ1n) is 4.91. The first-order valence-corrected chi connectivity index (χ1v) is 4.91. The summed E-state index contributed by atoms with van der Waals surface area (Å²) in [6, 6.07) is 0. The maximum absolute atomic E-state index is 12.0. The van der Waals surface area contributed by atoms with E-state index in [4.69, 9.17) is 0 Å². The lowest BCUT2D eigenvalue weighted by atomic mass is 10.2. The molecule has 0 spiro atoms. The topological polar surface area (TPSA) is 68.4 Å². The molecule has 1 rings (SSSR count). The van der Waals surface area contributed by atoms with Crippen molar-refractivity contribution in [2.24, 2.45) is 0 Å². The van der Waals surface area contributed by atoms with E-state index in [0.717, 1.165) is 6.20 Å². The summed E-state index contributed by atoms with van der Waals surface area (Å²) >= 11 is 0. The van der Waals surface area contributed by atoms with Gasteiger partial charge in [-0.25, -0.2) is 4.79 Å². The maximum Gasteiger partial charge on any atom is 0.573 e. The van der Waals surface area contributed by atoms with E-state index in [9.17, 15) is 22.8 Å². The number of aromatic amines is 1. The minimum Gasteiger partial charge on any atom is -0.462 e. The molecule has 1 aromatic rings. The molecule has 0 aliphatic rings. The fourth-order valence-corrected chi connectivity index (χ4v) is 1.25. The van der Waals surface area contributed by atoms with Crippen LogP contribution in [-0.2, 0) is 4.74 Å². The molecule has 0 saturated heterocycles. The highest BCUT2D eigenvalue weighted by atomic mass is 19.4. The lowest BCUT2D eigenvalue weighted by molar-refractivity contribution is -0.275. The van der Waals surface area contributed by atoms with Gasteiger partial charge in [-0.2, -0.15) is 0 Å². The smallest absolute Gasteiger partial charge is 0.462 e. The molecule has 0 atom stereocenters. The molecule has 0 aliphatic heterocycles. The van der Waals surface area contributed by atoms with Crippen molar-refractivity contribution in [3.63, 3.8) is 0 Å². The normalized spacial score (nSPS) is 11.2. The third-order valence-corrected chi connectivity index (χ3v) is 1.95. The lowest BCUT2D eigenvalue weighted by Crippen LogP contribution is -2.26. The van der Waals surface area contributed by atoms with Crippen LogP contribution in [0.3, 0.4) is 0 Å². The molecule has 0 aliphatic carbocycles. The van der Waals surface area contributed by atoms with Crippen LogP contribution in [0.25, 0.3) is 0 Å². The Labute approximate surface area is 99.5 Å². The van der Waals surface area contributed by atoms with Crippen LogP contribution in [0.4, 0.5) is 13.2 Å². The van der Waals surface area contributed by atoms with Crippen LogP contribution in [0.2, 0.25) is 0 Å². The number of pyridine rings is 1. The zero-order valence-electron chi connectivity index (χ0n) is 9.55. The Morgan fingerprint density at radius 3 is 2.56 bits per heavy atom. The summed E-state index contributed by atoms with van der Waals surface area (Å²) in [5.41, 5.74) is -1.56. The molecule has 8 heteroatoms. The predicted octanol–water partition coefficient (Wildman–Crippen LogP) is 1.76. The first-order chi connectivity index (χ1) is 8.26. The Kier molecular flexibility index (Phi) is 4.00. The number of carbonyl (C=O) groups excluding carboxylic acids is 1. The summed E-state index contributed by atoms with van der Waals surface area (Å²) in [5, 5.41) is 0. The monoisotopic (exact) mass is 265 g/mol. The van der Waals surface area contributed by atoms with Gasteiger partial charge in [-0.3, -0.25) is 4.79 Å². The molecule has 0 unspecified atom stereocenters. The van der Waals surface area contributed by atoms with Gasteiger partial charge < -0.3 is 14.5 Å². The van der Waals surface area contributed by atoms with Crippen molar-refractivity contribution in [2.45, 2.75) is 20.2 Å². The fraction of sp³-hybridized carbons (Fsp3) is 0.400. The number of rotatable bonds is 3. The van der Waals surface area contributed by atoms with Crippen molar-refractivity contribution in [1.82, 2.24) is 4.98 Å². The molecule has 0 radical (unpaired) electrons. The highest BCUT2D eigenvalue weighted by Gasteiger charge is 2.33. The van der Waals surface area contributed by atoms with Gasteiger partial charge in [-0.15, -0.1) is 13.2 Å². The average molecular weight is 265 g/mol. The number of aryl methyl sites for hydroxylation is 1. The summed E-state index contributed by atoms with van der Waals surface area (Å²) < 4.78 is 44.1. The Morgan fingerprint density at radius 1 is 1.44 bits per heavy atom. The molecule has 5 nitrogen and oxygen atoms in total. The van der Waals surface area contributed by atoms with E-state index in [1.165, 1.54) is 13.8 Å². The quantitative estimate of drug-likeness (QED) is 0.845. The van der Waals surface area contributed by atoms with Crippen molar-refractivity contribution >= 4 is 5.97 Å². The Hall–Kier alpha value is -1.99. The third kappa shape index (κ3) is 3.25. The van der Waals surface area contributed by atoms with Crippen LogP contribution in [0.1, 0.15) is 23.0 Å². The highest BCUT2D eigenvalue weighted by Crippen LogP contribution is 2.20. The predicted molar refractivity (Wildman–Crippen MR) is 54.4 cm³/mol. The number of hydrogen-bond acceptors (Lipinski definition) is 4. The van der Waals surface area contributed by atoms with E-state index in [-0.39, 0.29) is 12.3 Å². The van der Waals surface area contributed by atoms with Crippen molar-refractivity contribution < 1.29 is 27.4 Å². The molecule has 100 valence electrons. The van der Waals surface area contributed by atoms with E-state index in [2.05, 4.69) is 14.5 Å². The van der Waals surface area contributed by atoms with Gasteiger partial charge in [0, 0.05) is 11.9 Å². The van der Waals surface area contributed by atoms with Gasteiger partial charge in [0.2, 0.25) is 5.43 Å².